The van der Waals surface area contributed by atoms with E-state index in [2.05, 4.69) is 9.97 Å². The lowest BCUT2D eigenvalue weighted by molar-refractivity contribution is 0.0600. The SMILES string of the molecule is COC(=O)c1ccnc(-c2cc(/C=C/c3scc4c3OCCO4)ccn2)c1. The minimum atomic E-state index is -0.403. The van der Waals surface area contributed by atoms with Gasteiger partial charge in [0.25, 0.3) is 0 Å². The van der Waals surface area contributed by atoms with Gasteiger partial charge in [-0.05, 0) is 35.9 Å². The van der Waals surface area contributed by atoms with Gasteiger partial charge >= 0.3 is 5.97 Å². The number of esters is 1. The van der Waals surface area contributed by atoms with E-state index in [1.54, 1.807) is 35.9 Å². The minimum absolute atomic E-state index is 0.403. The molecule has 3 aromatic heterocycles. The highest BCUT2D eigenvalue weighted by molar-refractivity contribution is 7.11. The normalized spacial score (nSPS) is 12.9. The maximum Gasteiger partial charge on any atom is 0.337 e. The molecule has 6 nitrogen and oxygen atoms in total. The van der Waals surface area contributed by atoms with E-state index in [1.807, 2.05) is 29.7 Å². The van der Waals surface area contributed by atoms with Crippen molar-refractivity contribution in [3.05, 3.63) is 58.0 Å². The number of ether oxygens (including phenoxy) is 3. The predicted molar refractivity (Wildman–Crippen MR) is 103 cm³/mol. The highest BCUT2D eigenvalue weighted by atomic mass is 32.1. The molecular formula is C20H16N2O4S. The van der Waals surface area contributed by atoms with Crippen LogP contribution in [0.5, 0.6) is 11.5 Å². The van der Waals surface area contributed by atoms with Crippen LogP contribution in [0.1, 0.15) is 20.8 Å². The van der Waals surface area contributed by atoms with Crippen molar-refractivity contribution in [2.45, 2.75) is 0 Å². The second-order valence-corrected chi connectivity index (χ2v) is 6.63. The summed E-state index contributed by atoms with van der Waals surface area (Å²) in [5.41, 5.74) is 2.69. The largest absolute Gasteiger partial charge is 0.485 e. The van der Waals surface area contributed by atoms with Crippen LogP contribution in [-0.2, 0) is 4.74 Å². The number of rotatable bonds is 4. The fraction of sp³-hybridized carbons (Fsp3) is 0.150. The van der Waals surface area contributed by atoms with Gasteiger partial charge < -0.3 is 14.2 Å². The topological polar surface area (TPSA) is 70.5 Å². The van der Waals surface area contributed by atoms with Crippen LogP contribution in [0.3, 0.4) is 0 Å². The molecule has 0 atom stereocenters. The Labute approximate surface area is 160 Å². The number of aromatic nitrogens is 2. The van der Waals surface area contributed by atoms with Crippen LogP contribution in [0.4, 0.5) is 0 Å². The molecule has 136 valence electrons. The molecule has 7 heteroatoms. The summed E-state index contributed by atoms with van der Waals surface area (Å²) >= 11 is 1.58. The van der Waals surface area contributed by atoms with Gasteiger partial charge in [-0.3, -0.25) is 9.97 Å². The average Bonchev–Trinajstić information content (AvgIpc) is 3.15. The average molecular weight is 380 g/mol. The molecule has 4 rings (SSSR count). The molecule has 0 saturated heterocycles. The van der Waals surface area contributed by atoms with E-state index in [-0.39, 0.29) is 0 Å². The number of hydrogen-bond acceptors (Lipinski definition) is 7. The van der Waals surface area contributed by atoms with E-state index < -0.39 is 5.97 Å². The van der Waals surface area contributed by atoms with Gasteiger partial charge in [-0.2, -0.15) is 0 Å². The van der Waals surface area contributed by atoms with E-state index in [0.29, 0.717) is 30.2 Å². The summed E-state index contributed by atoms with van der Waals surface area (Å²) in [6.45, 7) is 1.14. The Morgan fingerprint density at radius 3 is 2.74 bits per heavy atom. The highest BCUT2D eigenvalue weighted by Crippen LogP contribution is 2.40. The van der Waals surface area contributed by atoms with Gasteiger partial charge in [-0.1, -0.05) is 6.08 Å². The number of methoxy groups -OCH3 is 1. The van der Waals surface area contributed by atoms with Gasteiger partial charge in [-0.25, -0.2) is 4.79 Å². The van der Waals surface area contributed by atoms with Crippen LogP contribution in [0.25, 0.3) is 23.5 Å². The van der Waals surface area contributed by atoms with Crippen molar-refractivity contribution in [2.24, 2.45) is 0 Å². The fourth-order valence-electron chi connectivity index (χ4n) is 2.68. The zero-order chi connectivity index (χ0) is 18.6. The number of fused-ring (bicyclic) bond motifs is 1. The van der Waals surface area contributed by atoms with E-state index in [9.17, 15) is 4.79 Å². The Balaban J connectivity index is 1.60. The molecule has 0 N–H and O–H groups in total. The van der Waals surface area contributed by atoms with Gasteiger partial charge in [-0.15, -0.1) is 11.3 Å². The molecular weight excluding hydrogens is 364 g/mol. The standard InChI is InChI=1S/C20H16N2O4S/c1-24-20(23)14-5-7-22-16(11-14)15-10-13(4-6-21-15)2-3-18-19-17(12-27-18)25-8-9-26-19/h2-7,10-12H,8-9H2,1H3/b3-2+. The molecule has 0 unspecified atom stereocenters. The molecule has 3 aromatic rings. The Kier molecular flexibility index (Phi) is 4.84. The second-order valence-electron chi connectivity index (χ2n) is 5.72. The Hall–Kier alpha value is -3.19. The Morgan fingerprint density at radius 1 is 1.11 bits per heavy atom. The van der Waals surface area contributed by atoms with Crippen LogP contribution in [0.2, 0.25) is 0 Å². The first-order valence-electron chi connectivity index (χ1n) is 8.30. The monoisotopic (exact) mass is 380 g/mol. The third kappa shape index (κ3) is 3.68. The molecule has 0 radical (unpaired) electrons. The Bertz CT molecular complexity index is 1010. The summed E-state index contributed by atoms with van der Waals surface area (Å²) in [7, 11) is 1.35. The summed E-state index contributed by atoms with van der Waals surface area (Å²) in [4.78, 5) is 21.4. The lowest BCUT2D eigenvalue weighted by Crippen LogP contribution is -2.14. The number of nitrogens with zero attached hydrogens (tertiary/aromatic N) is 2. The Morgan fingerprint density at radius 2 is 1.89 bits per heavy atom. The smallest absolute Gasteiger partial charge is 0.337 e. The predicted octanol–water partition coefficient (Wildman–Crippen LogP) is 3.93. The third-order valence-electron chi connectivity index (χ3n) is 3.98. The van der Waals surface area contributed by atoms with Crippen LogP contribution in [-0.4, -0.2) is 36.3 Å². The van der Waals surface area contributed by atoms with Crippen molar-refractivity contribution in [2.75, 3.05) is 20.3 Å². The molecule has 0 saturated carbocycles. The first-order valence-corrected chi connectivity index (χ1v) is 9.18. The maximum absolute atomic E-state index is 11.7. The molecule has 27 heavy (non-hydrogen) atoms. The highest BCUT2D eigenvalue weighted by Gasteiger charge is 2.16. The van der Waals surface area contributed by atoms with Crippen molar-refractivity contribution in [3.63, 3.8) is 0 Å². The van der Waals surface area contributed by atoms with Gasteiger partial charge in [0, 0.05) is 17.8 Å². The second kappa shape index (κ2) is 7.59. The molecule has 1 aliphatic heterocycles. The quantitative estimate of drug-likeness (QED) is 0.639. The fourth-order valence-corrected chi connectivity index (χ4v) is 3.50. The van der Waals surface area contributed by atoms with Crippen LogP contribution in [0, 0.1) is 0 Å². The summed E-state index contributed by atoms with van der Waals surface area (Å²) in [6.07, 6.45) is 7.26. The number of carbonyl (C=O) groups excluding carboxylic acids is 1. The lowest BCUT2D eigenvalue weighted by atomic mass is 10.1. The van der Waals surface area contributed by atoms with E-state index >= 15 is 0 Å². The van der Waals surface area contributed by atoms with Gasteiger partial charge in [0.15, 0.2) is 11.5 Å². The molecule has 0 aliphatic carbocycles. The molecule has 0 bridgehead atoms. The maximum atomic E-state index is 11.7. The first-order chi connectivity index (χ1) is 13.2. The zero-order valence-corrected chi connectivity index (χ0v) is 15.4. The van der Waals surface area contributed by atoms with Crippen molar-refractivity contribution in [1.82, 2.24) is 9.97 Å². The van der Waals surface area contributed by atoms with Crippen LogP contribution in [0.15, 0.2) is 42.0 Å². The third-order valence-corrected chi connectivity index (χ3v) is 4.89. The zero-order valence-electron chi connectivity index (χ0n) is 14.5. The number of thiophene rings is 1. The van der Waals surface area contributed by atoms with Crippen molar-refractivity contribution < 1.29 is 19.0 Å². The summed E-state index contributed by atoms with van der Waals surface area (Å²) in [5.74, 6) is 1.19. The van der Waals surface area contributed by atoms with Crippen LogP contribution >= 0.6 is 11.3 Å². The summed E-state index contributed by atoms with van der Waals surface area (Å²) in [6, 6.07) is 7.10. The molecule has 0 fully saturated rings. The first kappa shape index (κ1) is 17.2. The van der Waals surface area contributed by atoms with Gasteiger partial charge in [0.2, 0.25) is 0 Å². The molecule has 1 aliphatic rings. The van der Waals surface area contributed by atoms with E-state index in [1.165, 1.54) is 7.11 Å². The summed E-state index contributed by atoms with van der Waals surface area (Å²) < 4.78 is 16.0. The molecule has 0 amide bonds. The van der Waals surface area contributed by atoms with Crippen molar-refractivity contribution in [1.29, 1.82) is 0 Å². The van der Waals surface area contributed by atoms with Gasteiger partial charge in [0.05, 0.1) is 28.9 Å². The van der Waals surface area contributed by atoms with Crippen molar-refractivity contribution >= 4 is 29.5 Å². The van der Waals surface area contributed by atoms with Crippen LogP contribution < -0.4 is 9.47 Å². The number of pyridine rings is 2. The number of hydrogen-bond donors (Lipinski definition) is 0. The minimum Gasteiger partial charge on any atom is -0.485 e. The molecule has 0 spiro atoms. The lowest BCUT2D eigenvalue weighted by Gasteiger charge is -2.15. The van der Waals surface area contributed by atoms with E-state index in [4.69, 9.17) is 14.2 Å². The van der Waals surface area contributed by atoms with Crippen molar-refractivity contribution in [3.8, 4) is 22.9 Å². The number of carbonyl (C=O) groups is 1. The summed E-state index contributed by atoms with van der Waals surface area (Å²) in [5, 5.41) is 1.95. The molecule has 0 aromatic carbocycles. The van der Waals surface area contributed by atoms with E-state index in [0.717, 1.165) is 21.9 Å². The molecule has 4 heterocycles. The van der Waals surface area contributed by atoms with Gasteiger partial charge in [0.1, 0.15) is 13.2 Å².